The summed E-state index contributed by atoms with van der Waals surface area (Å²) >= 11 is 0. The average Bonchev–Trinajstić information content (AvgIpc) is 3.03. The molecule has 1 aliphatic rings. The Balaban J connectivity index is 1.88. The quantitative estimate of drug-likeness (QED) is 0.233. The van der Waals surface area contributed by atoms with Crippen LogP contribution in [0, 0.1) is 17.6 Å². The average molecular weight is 445 g/mol. The molecular weight excluding hydrogens is 414 g/mol. The molecule has 0 aromatic heterocycles. The molecule has 1 atom stereocenters. The van der Waals surface area contributed by atoms with E-state index in [4.69, 9.17) is 0 Å². The van der Waals surface area contributed by atoms with E-state index in [2.05, 4.69) is 5.16 Å². The van der Waals surface area contributed by atoms with Gasteiger partial charge in [-0.3, -0.25) is 9.69 Å². The van der Waals surface area contributed by atoms with Crippen LogP contribution in [0.3, 0.4) is 0 Å². The van der Waals surface area contributed by atoms with E-state index in [0.29, 0.717) is 18.9 Å². The number of nitrogens with zero attached hydrogens (tertiary/aromatic N) is 2. The van der Waals surface area contributed by atoms with Crippen LogP contribution in [0.1, 0.15) is 56.1 Å². The summed E-state index contributed by atoms with van der Waals surface area (Å²) in [5, 5.41) is 23.0. The summed E-state index contributed by atoms with van der Waals surface area (Å²) < 4.78 is 27.5. The second-order valence-corrected chi connectivity index (χ2v) is 8.54. The molecular formula is C25H30F2N2O3. The number of benzene rings is 2. The number of carboxylic acid groups (broad SMARTS) is 1. The van der Waals surface area contributed by atoms with Crippen molar-refractivity contribution >= 4 is 11.7 Å². The van der Waals surface area contributed by atoms with Crippen molar-refractivity contribution in [1.82, 2.24) is 4.90 Å². The molecule has 0 bridgehead atoms. The molecule has 5 nitrogen and oxygen atoms in total. The first kappa shape index (κ1) is 23.9. The van der Waals surface area contributed by atoms with E-state index in [1.807, 2.05) is 30.3 Å². The molecule has 2 aromatic carbocycles. The zero-order chi connectivity index (χ0) is 22.9. The van der Waals surface area contributed by atoms with Crippen LogP contribution < -0.4 is 0 Å². The molecule has 0 heterocycles. The predicted molar refractivity (Wildman–Crippen MR) is 119 cm³/mol. The fourth-order valence-corrected chi connectivity index (χ4v) is 4.51. The van der Waals surface area contributed by atoms with Gasteiger partial charge in [0.1, 0.15) is 23.4 Å². The lowest BCUT2D eigenvalue weighted by Crippen LogP contribution is -2.44. The zero-order valence-electron chi connectivity index (χ0n) is 18.1. The molecule has 7 heteroatoms. The molecule has 3 rings (SSSR count). The van der Waals surface area contributed by atoms with Gasteiger partial charge in [0.15, 0.2) is 0 Å². The maximum atomic E-state index is 13.8. The molecule has 0 aliphatic heterocycles. The van der Waals surface area contributed by atoms with Crippen molar-refractivity contribution < 1.29 is 23.9 Å². The van der Waals surface area contributed by atoms with Crippen molar-refractivity contribution in [3.8, 4) is 0 Å². The predicted octanol–water partition coefficient (Wildman–Crippen LogP) is 5.46. The summed E-state index contributed by atoms with van der Waals surface area (Å²) in [6.45, 7) is 0.249. The first-order valence-electron chi connectivity index (χ1n) is 11.1. The first-order chi connectivity index (χ1) is 15.5. The van der Waals surface area contributed by atoms with Crippen LogP contribution in [-0.4, -0.2) is 39.5 Å². The standard InChI is InChI=1S/C25H30F2N2O3/c26-21-13-20(14-22(27)15-21)23(28-32)17-29(16-19-10-6-3-7-11-19)24(25(30)31)12-18-8-4-1-2-5-9-18/h3,6-7,10-11,13-15,18,24,32H,1-2,4-5,8-9,12,16-17H2,(H,30,31). The van der Waals surface area contributed by atoms with Crippen molar-refractivity contribution in [1.29, 1.82) is 0 Å². The molecule has 0 amide bonds. The summed E-state index contributed by atoms with van der Waals surface area (Å²) in [7, 11) is 0. The van der Waals surface area contributed by atoms with Gasteiger partial charge in [0.25, 0.3) is 0 Å². The van der Waals surface area contributed by atoms with Gasteiger partial charge in [-0.25, -0.2) is 8.78 Å². The fourth-order valence-electron chi connectivity index (χ4n) is 4.51. The van der Waals surface area contributed by atoms with Crippen LogP contribution in [0.25, 0.3) is 0 Å². The van der Waals surface area contributed by atoms with Gasteiger partial charge in [0, 0.05) is 24.7 Å². The van der Waals surface area contributed by atoms with E-state index in [1.54, 1.807) is 4.90 Å². The highest BCUT2D eigenvalue weighted by Crippen LogP contribution is 2.28. The monoisotopic (exact) mass is 444 g/mol. The lowest BCUT2D eigenvalue weighted by molar-refractivity contribution is -0.144. The third kappa shape index (κ3) is 6.85. The van der Waals surface area contributed by atoms with Crippen LogP contribution in [0.4, 0.5) is 8.78 Å². The largest absolute Gasteiger partial charge is 0.480 e. The minimum absolute atomic E-state index is 0.0199. The minimum Gasteiger partial charge on any atom is -0.480 e. The summed E-state index contributed by atoms with van der Waals surface area (Å²) in [6.07, 6.45) is 7.03. The lowest BCUT2D eigenvalue weighted by Gasteiger charge is -2.31. The molecule has 1 fully saturated rings. The Kier molecular flexibility index (Phi) is 8.73. The van der Waals surface area contributed by atoms with Crippen LogP contribution in [0.5, 0.6) is 0 Å². The second-order valence-electron chi connectivity index (χ2n) is 8.54. The van der Waals surface area contributed by atoms with Gasteiger partial charge in [0.2, 0.25) is 0 Å². The molecule has 1 unspecified atom stereocenters. The number of rotatable bonds is 9. The molecule has 32 heavy (non-hydrogen) atoms. The van der Waals surface area contributed by atoms with E-state index < -0.39 is 23.6 Å². The third-order valence-electron chi connectivity index (χ3n) is 6.16. The number of halogens is 2. The van der Waals surface area contributed by atoms with Crippen LogP contribution >= 0.6 is 0 Å². The molecule has 1 saturated carbocycles. The third-order valence-corrected chi connectivity index (χ3v) is 6.16. The van der Waals surface area contributed by atoms with Crippen LogP contribution in [0.15, 0.2) is 53.7 Å². The molecule has 0 spiro atoms. The summed E-state index contributed by atoms with van der Waals surface area (Å²) in [6, 6.07) is 11.5. The maximum absolute atomic E-state index is 13.8. The van der Waals surface area contributed by atoms with Crippen molar-refractivity contribution in [2.75, 3.05) is 6.54 Å². The van der Waals surface area contributed by atoms with E-state index in [9.17, 15) is 23.9 Å². The fraction of sp³-hybridized carbons (Fsp3) is 0.440. The number of carbonyl (C=O) groups is 1. The van der Waals surface area contributed by atoms with Crippen molar-refractivity contribution in [2.24, 2.45) is 11.1 Å². The molecule has 0 radical (unpaired) electrons. The Morgan fingerprint density at radius 3 is 2.22 bits per heavy atom. The Bertz CT molecular complexity index is 892. The Labute approximate surface area is 187 Å². The van der Waals surface area contributed by atoms with E-state index in [-0.39, 0.29) is 17.8 Å². The minimum atomic E-state index is -0.951. The number of oxime groups is 1. The van der Waals surface area contributed by atoms with Gasteiger partial charge in [-0.2, -0.15) is 0 Å². The van der Waals surface area contributed by atoms with Crippen molar-refractivity contribution in [3.05, 3.63) is 71.3 Å². The Hall–Kier alpha value is -2.80. The lowest BCUT2D eigenvalue weighted by atomic mass is 9.91. The normalized spacial score (nSPS) is 16.7. The van der Waals surface area contributed by atoms with Gasteiger partial charge in [-0.1, -0.05) is 74.0 Å². The smallest absolute Gasteiger partial charge is 0.320 e. The number of aliphatic carboxylic acids is 1. The van der Waals surface area contributed by atoms with E-state index >= 15 is 0 Å². The molecule has 1 aliphatic carbocycles. The number of hydrogen-bond acceptors (Lipinski definition) is 4. The SMILES string of the molecule is O=C(O)C(CC1CCCCCC1)N(CC(=NO)c1cc(F)cc(F)c1)Cc1ccccc1. The van der Waals surface area contributed by atoms with Crippen LogP contribution in [0.2, 0.25) is 0 Å². The molecule has 2 N–H and O–H groups in total. The Morgan fingerprint density at radius 2 is 1.66 bits per heavy atom. The first-order valence-corrected chi connectivity index (χ1v) is 11.1. The van der Waals surface area contributed by atoms with Gasteiger partial charge in [-0.05, 0) is 30.0 Å². The number of carboxylic acids is 1. The highest BCUT2D eigenvalue weighted by atomic mass is 19.1. The van der Waals surface area contributed by atoms with Gasteiger partial charge in [-0.15, -0.1) is 0 Å². The highest BCUT2D eigenvalue weighted by Gasteiger charge is 2.30. The zero-order valence-corrected chi connectivity index (χ0v) is 18.1. The molecule has 0 saturated heterocycles. The summed E-state index contributed by atoms with van der Waals surface area (Å²) in [5.74, 6) is -2.22. The molecule has 172 valence electrons. The van der Waals surface area contributed by atoms with Gasteiger partial charge in [0.05, 0.1) is 0 Å². The van der Waals surface area contributed by atoms with Gasteiger partial charge >= 0.3 is 5.97 Å². The Morgan fingerprint density at radius 1 is 1.03 bits per heavy atom. The topological polar surface area (TPSA) is 73.1 Å². The van der Waals surface area contributed by atoms with E-state index in [0.717, 1.165) is 49.4 Å². The number of hydrogen-bond donors (Lipinski definition) is 2. The van der Waals surface area contributed by atoms with E-state index in [1.165, 1.54) is 12.8 Å². The summed E-state index contributed by atoms with van der Waals surface area (Å²) in [4.78, 5) is 14.1. The summed E-state index contributed by atoms with van der Waals surface area (Å²) in [5.41, 5.74) is 1.01. The van der Waals surface area contributed by atoms with Gasteiger partial charge < -0.3 is 10.3 Å². The van der Waals surface area contributed by atoms with Crippen molar-refractivity contribution in [3.63, 3.8) is 0 Å². The maximum Gasteiger partial charge on any atom is 0.320 e. The van der Waals surface area contributed by atoms with Crippen LogP contribution in [-0.2, 0) is 11.3 Å². The van der Waals surface area contributed by atoms with Crippen molar-refractivity contribution in [2.45, 2.75) is 57.5 Å². The molecule has 2 aromatic rings. The second kappa shape index (κ2) is 11.7. The highest BCUT2D eigenvalue weighted by molar-refractivity contribution is 6.02.